The zero-order valence-electron chi connectivity index (χ0n) is 7.85. The van der Waals surface area contributed by atoms with Gasteiger partial charge in [-0.3, -0.25) is 0 Å². The molecular weight excluding hydrogens is 231 g/mol. The van der Waals surface area contributed by atoms with Gasteiger partial charge in [-0.2, -0.15) is 0 Å². The van der Waals surface area contributed by atoms with Crippen molar-refractivity contribution < 1.29 is 9.02 Å². The zero-order chi connectivity index (χ0) is 11.1. The van der Waals surface area contributed by atoms with Crippen molar-refractivity contribution in [3.8, 4) is 10.7 Å². The summed E-state index contributed by atoms with van der Waals surface area (Å²) in [5.74, 6) is -0.117. The lowest BCUT2D eigenvalue weighted by molar-refractivity contribution is 0.310. The Bertz CT molecular complexity index is 662. The number of rotatable bonds is 1. The Labute approximate surface area is 92.7 Å². The highest BCUT2D eigenvalue weighted by Crippen LogP contribution is 2.31. The van der Waals surface area contributed by atoms with Crippen LogP contribution in [0.15, 0.2) is 22.8 Å². The summed E-state index contributed by atoms with van der Waals surface area (Å²) in [5, 5.41) is 7.68. The van der Waals surface area contributed by atoms with Crippen molar-refractivity contribution in [2.24, 2.45) is 0 Å². The van der Waals surface area contributed by atoms with Crippen LogP contribution >= 0.6 is 11.3 Å². The van der Waals surface area contributed by atoms with Gasteiger partial charge in [0.15, 0.2) is 16.5 Å². The van der Waals surface area contributed by atoms with Crippen molar-refractivity contribution in [2.45, 2.75) is 0 Å². The number of nitrogens with zero attached hydrogens (tertiary/aromatic N) is 3. The van der Waals surface area contributed by atoms with Crippen molar-refractivity contribution in [3.63, 3.8) is 0 Å². The van der Waals surface area contributed by atoms with Crippen LogP contribution in [0.4, 0.5) is 10.2 Å². The van der Waals surface area contributed by atoms with E-state index in [9.17, 15) is 4.39 Å². The van der Waals surface area contributed by atoms with Crippen molar-refractivity contribution in [1.82, 2.24) is 15.3 Å². The minimum atomic E-state index is -0.297. The Morgan fingerprint density at radius 1 is 1.31 bits per heavy atom. The number of hydrogen-bond acceptors (Lipinski definition) is 6. The molecule has 16 heavy (non-hydrogen) atoms. The maximum Gasteiger partial charge on any atom is 0.198 e. The highest BCUT2D eigenvalue weighted by atomic mass is 32.1. The molecular formula is C9H5FN4OS. The fraction of sp³-hybridized carbons (Fsp3) is 0. The Balaban J connectivity index is 2.23. The SMILES string of the molecule is Nc1nonc1-c1nc2ccc(F)cc2s1. The Kier molecular flexibility index (Phi) is 1.87. The Hall–Kier alpha value is -2.02. The molecule has 0 aliphatic carbocycles. The van der Waals surface area contributed by atoms with Gasteiger partial charge >= 0.3 is 0 Å². The number of hydrogen-bond donors (Lipinski definition) is 1. The smallest absolute Gasteiger partial charge is 0.198 e. The molecule has 1 aromatic carbocycles. The normalized spacial score (nSPS) is 11.1. The maximum atomic E-state index is 13.0. The number of nitrogen functional groups attached to an aromatic ring is 1. The molecule has 0 amide bonds. The van der Waals surface area contributed by atoms with Crippen LogP contribution in [0.5, 0.6) is 0 Å². The number of thiazole rings is 1. The van der Waals surface area contributed by atoms with Crippen molar-refractivity contribution in [2.75, 3.05) is 5.73 Å². The predicted molar refractivity (Wildman–Crippen MR) is 57.3 cm³/mol. The van der Waals surface area contributed by atoms with Crippen LogP contribution in [0, 0.1) is 5.82 Å². The van der Waals surface area contributed by atoms with E-state index in [0.29, 0.717) is 16.2 Å². The quantitative estimate of drug-likeness (QED) is 0.699. The van der Waals surface area contributed by atoms with Gasteiger partial charge < -0.3 is 5.73 Å². The van der Waals surface area contributed by atoms with Gasteiger partial charge in [0.1, 0.15) is 5.82 Å². The summed E-state index contributed by atoms with van der Waals surface area (Å²) in [6.45, 7) is 0. The molecule has 0 fully saturated rings. The monoisotopic (exact) mass is 236 g/mol. The van der Waals surface area contributed by atoms with Crippen LogP contribution in [0.25, 0.3) is 20.9 Å². The number of aromatic nitrogens is 3. The first kappa shape index (κ1) is 9.22. The molecule has 0 spiro atoms. The van der Waals surface area contributed by atoms with Crippen LogP contribution < -0.4 is 5.73 Å². The summed E-state index contributed by atoms with van der Waals surface area (Å²) < 4.78 is 18.2. The van der Waals surface area contributed by atoms with Gasteiger partial charge in [0.2, 0.25) is 0 Å². The second kappa shape index (κ2) is 3.24. The third-order valence-corrected chi connectivity index (χ3v) is 3.09. The topological polar surface area (TPSA) is 77.8 Å². The number of nitrogens with two attached hydrogens (primary N) is 1. The molecule has 2 heterocycles. The molecule has 5 nitrogen and oxygen atoms in total. The van der Waals surface area contributed by atoms with E-state index < -0.39 is 0 Å². The lowest BCUT2D eigenvalue weighted by Crippen LogP contribution is -1.87. The van der Waals surface area contributed by atoms with Gasteiger partial charge in [0.25, 0.3) is 0 Å². The molecule has 0 bridgehead atoms. The van der Waals surface area contributed by atoms with Crippen molar-refractivity contribution in [1.29, 1.82) is 0 Å². The van der Waals surface area contributed by atoms with Crippen LogP contribution in [-0.2, 0) is 0 Å². The zero-order valence-corrected chi connectivity index (χ0v) is 8.66. The van der Waals surface area contributed by atoms with E-state index in [-0.39, 0.29) is 11.6 Å². The first-order valence-electron chi connectivity index (χ1n) is 4.38. The molecule has 0 aliphatic heterocycles. The fourth-order valence-corrected chi connectivity index (χ4v) is 2.32. The average molecular weight is 236 g/mol. The van der Waals surface area contributed by atoms with Gasteiger partial charge in [-0.1, -0.05) is 0 Å². The molecule has 0 saturated heterocycles. The number of fused-ring (bicyclic) bond motifs is 1. The summed E-state index contributed by atoms with van der Waals surface area (Å²) in [4.78, 5) is 4.27. The van der Waals surface area contributed by atoms with E-state index in [1.54, 1.807) is 6.07 Å². The predicted octanol–water partition coefficient (Wildman–Crippen LogP) is 2.07. The fourth-order valence-electron chi connectivity index (χ4n) is 1.34. The molecule has 0 saturated carbocycles. The lowest BCUT2D eigenvalue weighted by atomic mass is 10.3. The molecule has 3 aromatic rings. The van der Waals surface area contributed by atoms with Gasteiger partial charge in [0.05, 0.1) is 10.2 Å². The van der Waals surface area contributed by atoms with Gasteiger partial charge in [-0.05, 0) is 28.5 Å². The van der Waals surface area contributed by atoms with E-state index in [1.165, 1.54) is 23.5 Å². The van der Waals surface area contributed by atoms with Gasteiger partial charge in [-0.15, -0.1) is 11.3 Å². The van der Waals surface area contributed by atoms with Crippen molar-refractivity contribution in [3.05, 3.63) is 24.0 Å². The summed E-state index contributed by atoms with van der Waals surface area (Å²) in [6.07, 6.45) is 0. The van der Waals surface area contributed by atoms with E-state index in [2.05, 4.69) is 19.9 Å². The Morgan fingerprint density at radius 3 is 2.94 bits per heavy atom. The van der Waals surface area contributed by atoms with Gasteiger partial charge in [-0.25, -0.2) is 14.0 Å². The van der Waals surface area contributed by atoms with Crippen LogP contribution in [0.3, 0.4) is 0 Å². The summed E-state index contributed by atoms with van der Waals surface area (Å²) in [7, 11) is 0. The molecule has 7 heteroatoms. The minimum Gasteiger partial charge on any atom is -0.379 e. The van der Waals surface area contributed by atoms with Crippen LogP contribution in [0.1, 0.15) is 0 Å². The molecule has 2 N–H and O–H groups in total. The highest BCUT2D eigenvalue weighted by Gasteiger charge is 2.14. The second-order valence-electron chi connectivity index (χ2n) is 3.13. The molecule has 80 valence electrons. The van der Waals surface area contributed by atoms with E-state index >= 15 is 0 Å². The van der Waals surface area contributed by atoms with Crippen molar-refractivity contribution >= 4 is 27.4 Å². The Morgan fingerprint density at radius 2 is 2.19 bits per heavy atom. The molecule has 0 radical (unpaired) electrons. The highest BCUT2D eigenvalue weighted by molar-refractivity contribution is 7.21. The molecule has 0 unspecified atom stereocenters. The molecule has 0 atom stereocenters. The molecule has 0 aliphatic rings. The van der Waals surface area contributed by atoms with Crippen LogP contribution in [-0.4, -0.2) is 15.3 Å². The third kappa shape index (κ3) is 1.33. The molecule has 3 rings (SSSR count). The summed E-state index contributed by atoms with van der Waals surface area (Å²) >= 11 is 1.29. The number of benzene rings is 1. The standard InChI is InChI=1S/C9H5FN4OS/c10-4-1-2-5-6(3-4)16-9(12-5)7-8(11)14-15-13-7/h1-3H,(H2,11,14). The summed E-state index contributed by atoms with van der Waals surface area (Å²) in [6, 6.07) is 4.38. The van der Waals surface area contributed by atoms with Gasteiger partial charge in [0, 0.05) is 0 Å². The first-order chi connectivity index (χ1) is 7.74. The van der Waals surface area contributed by atoms with E-state index in [4.69, 9.17) is 5.73 Å². The largest absolute Gasteiger partial charge is 0.379 e. The number of halogens is 1. The number of anilines is 1. The van der Waals surface area contributed by atoms with E-state index in [1.807, 2.05) is 0 Å². The third-order valence-electron chi connectivity index (χ3n) is 2.07. The van der Waals surface area contributed by atoms with Crippen LogP contribution in [0.2, 0.25) is 0 Å². The average Bonchev–Trinajstić information content (AvgIpc) is 2.82. The first-order valence-corrected chi connectivity index (χ1v) is 5.20. The molecule has 2 aromatic heterocycles. The van der Waals surface area contributed by atoms with E-state index in [0.717, 1.165) is 4.70 Å². The summed E-state index contributed by atoms with van der Waals surface area (Å²) in [5.41, 5.74) is 6.64. The minimum absolute atomic E-state index is 0.180. The maximum absolute atomic E-state index is 13.0. The lowest BCUT2D eigenvalue weighted by Gasteiger charge is -1.85. The second-order valence-corrected chi connectivity index (χ2v) is 4.16.